The molecule has 3 heterocycles. The highest BCUT2D eigenvalue weighted by molar-refractivity contribution is 5.43. The molecule has 0 radical (unpaired) electrons. The Morgan fingerprint density at radius 1 is 1.16 bits per heavy atom. The van der Waals surface area contributed by atoms with Gasteiger partial charge < -0.3 is 10.3 Å². The smallest absolute Gasteiger partial charge is 0.150 e. The predicted molar refractivity (Wildman–Crippen MR) is 93.2 cm³/mol. The molecule has 1 unspecified atom stereocenters. The Balaban J connectivity index is 1.65. The van der Waals surface area contributed by atoms with Crippen LogP contribution >= 0.6 is 0 Å². The van der Waals surface area contributed by atoms with Gasteiger partial charge in [0.05, 0.1) is 12.2 Å². The molecule has 1 aromatic carbocycles. The molecule has 0 fully saturated rings. The second-order valence-electron chi connectivity index (χ2n) is 5.85. The first-order valence-electron chi connectivity index (χ1n) is 8.17. The number of halogens is 1. The summed E-state index contributed by atoms with van der Waals surface area (Å²) in [5.74, 6) is 0.471. The quantitative estimate of drug-likeness (QED) is 0.899. The number of allylic oxidation sites excluding steroid dienone is 1. The van der Waals surface area contributed by atoms with E-state index in [4.69, 9.17) is 0 Å². The molecule has 6 heteroatoms. The van der Waals surface area contributed by atoms with Gasteiger partial charge in [-0.15, -0.1) is 0 Å². The van der Waals surface area contributed by atoms with Gasteiger partial charge >= 0.3 is 0 Å². The fourth-order valence-corrected chi connectivity index (χ4v) is 2.94. The molecule has 2 aliphatic rings. The molecular formula is C19H18FN5. The van der Waals surface area contributed by atoms with Gasteiger partial charge in [-0.25, -0.2) is 19.8 Å². The van der Waals surface area contributed by atoms with Crippen molar-refractivity contribution < 1.29 is 4.39 Å². The van der Waals surface area contributed by atoms with Gasteiger partial charge in [0.1, 0.15) is 11.9 Å². The number of benzene rings is 1. The van der Waals surface area contributed by atoms with Gasteiger partial charge in [-0.2, -0.15) is 0 Å². The Kier molecular flexibility index (Phi) is 4.26. The average molecular weight is 335 g/mol. The molecule has 2 N–H and O–H groups in total. The first-order valence-corrected chi connectivity index (χ1v) is 8.17. The summed E-state index contributed by atoms with van der Waals surface area (Å²) in [5.41, 5.74) is 6.02. The zero-order chi connectivity index (χ0) is 17.1. The van der Waals surface area contributed by atoms with E-state index in [9.17, 15) is 4.39 Å². The molecule has 0 saturated heterocycles. The standard InChI is InChI=1S/C19H18FN5/c20-16-7-2-1-5-15(16)13-25-18(14-6-3-8-21-12-14)11-17(24-25)19-22-9-4-10-23-19/h1-7,9-12,17,21,24H,8,13H2. The van der Waals surface area contributed by atoms with Crippen molar-refractivity contribution in [1.82, 2.24) is 25.7 Å². The highest BCUT2D eigenvalue weighted by Crippen LogP contribution is 2.29. The lowest BCUT2D eigenvalue weighted by Crippen LogP contribution is -2.34. The van der Waals surface area contributed by atoms with Crippen LogP contribution < -0.4 is 10.7 Å². The van der Waals surface area contributed by atoms with Crippen LogP contribution in [0.1, 0.15) is 17.4 Å². The van der Waals surface area contributed by atoms with Crippen LogP contribution in [0.2, 0.25) is 0 Å². The van der Waals surface area contributed by atoms with E-state index < -0.39 is 0 Å². The molecule has 4 rings (SSSR count). The maximum Gasteiger partial charge on any atom is 0.150 e. The average Bonchev–Trinajstić information content (AvgIpc) is 3.09. The first kappa shape index (κ1) is 15.5. The number of aromatic nitrogens is 2. The molecule has 0 spiro atoms. The third-order valence-corrected chi connectivity index (χ3v) is 4.15. The highest BCUT2D eigenvalue weighted by Gasteiger charge is 2.28. The Morgan fingerprint density at radius 3 is 2.76 bits per heavy atom. The second-order valence-corrected chi connectivity index (χ2v) is 5.85. The number of nitrogens with zero attached hydrogens (tertiary/aromatic N) is 3. The molecule has 126 valence electrons. The Morgan fingerprint density at radius 2 is 2.00 bits per heavy atom. The molecule has 0 aliphatic carbocycles. The van der Waals surface area contributed by atoms with E-state index in [2.05, 4.69) is 38.9 Å². The summed E-state index contributed by atoms with van der Waals surface area (Å²) in [7, 11) is 0. The zero-order valence-electron chi connectivity index (χ0n) is 13.6. The highest BCUT2D eigenvalue weighted by atomic mass is 19.1. The first-order chi connectivity index (χ1) is 12.3. The minimum absolute atomic E-state index is 0.154. The minimum Gasteiger partial charge on any atom is -0.387 e. The van der Waals surface area contributed by atoms with Crippen molar-refractivity contribution in [3.8, 4) is 0 Å². The van der Waals surface area contributed by atoms with Crippen molar-refractivity contribution in [1.29, 1.82) is 0 Å². The molecule has 0 bridgehead atoms. The maximum absolute atomic E-state index is 14.1. The van der Waals surface area contributed by atoms with Gasteiger partial charge in [0, 0.05) is 36.3 Å². The van der Waals surface area contributed by atoms with E-state index in [-0.39, 0.29) is 11.9 Å². The number of hydrogen-bond acceptors (Lipinski definition) is 5. The lowest BCUT2D eigenvalue weighted by atomic mass is 10.1. The van der Waals surface area contributed by atoms with E-state index in [0.29, 0.717) is 17.9 Å². The third-order valence-electron chi connectivity index (χ3n) is 4.15. The molecule has 0 amide bonds. The normalized spacial score (nSPS) is 19.4. The van der Waals surface area contributed by atoms with Crippen LogP contribution in [0.25, 0.3) is 0 Å². The number of dihydropyridines is 1. The van der Waals surface area contributed by atoms with E-state index in [1.54, 1.807) is 30.6 Å². The Labute approximate surface area is 145 Å². The van der Waals surface area contributed by atoms with Crippen LogP contribution in [0.5, 0.6) is 0 Å². The van der Waals surface area contributed by atoms with E-state index in [1.165, 1.54) is 6.07 Å². The summed E-state index contributed by atoms with van der Waals surface area (Å²) >= 11 is 0. The van der Waals surface area contributed by atoms with Gasteiger partial charge in [0.2, 0.25) is 0 Å². The summed E-state index contributed by atoms with van der Waals surface area (Å²) in [6, 6.07) is 8.45. The number of rotatable bonds is 4. The van der Waals surface area contributed by atoms with Crippen molar-refractivity contribution in [2.45, 2.75) is 12.6 Å². The summed E-state index contributed by atoms with van der Waals surface area (Å²) in [6.07, 6.45) is 11.6. The molecule has 2 aromatic rings. The Bertz CT molecular complexity index is 844. The maximum atomic E-state index is 14.1. The van der Waals surface area contributed by atoms with Crippen LogP contribution in [0.3, 0.4) is 0 Å². The van der Waals surface area contributed by atoms with Crippen molar-refractivity contribution in [3.05, 3.63) is 95.6 Å². The zero-order valence-corrected chi connectivity index (χ0v) is 13.6. The van der Waals surface area contributed by atoms with Gasteiger partial charge in [-0.1, -0.05) is 30.4 Å². The van der Waals surface area contributed by atoms with Gasteiger partial charge in [0.25, 0.3) is 0 Å². The van der Waals surface area contributed by atoms with E-state index in [0.717, 1.165) is 17.8 Å². The summed E-state index contributed by atoms with van der Waals surface area (Å²) in [6.45, 7) is 1.22. The second kappa shape index (κ2) is 6.86. The van der Waals surface area contributed by atoms with Gasteiger partial charge in [-0.05, 0) is 18.2 Å². The molecule has 1 aromatic heterocycles. The molecular weight excluding hydrogens is 317 g/mol. The predicted octanol–water partition coefficient (Wildman–Crippen LogP) is 2.60. The number of hydrogen-bond donors (Lipinski definition) is 2. The molecule has 25 heavy (non-hydrogen) atoms. The lowest BCUT2D eigenvalue weighted by molar-refractivity contribution is 0.245. The molecule has 2 aliphatic heterocycles. The van der Waals surface area contributed by atoms with Crippen molar-refractivity contribution in [3.63, 3.8) is 0 Å². The van der Waals surface area contributed by atoms with E-state index in [1.807, 2.05) is 17.3 Å². The van der Waals surface area contributed by atoms with Crippen LogP contribution in [0.4, 0.5) is 4.39 Å². The topological polar surface area (TPSA) is 53.1 Å². The molecule has 0 saturated carbocycles. The Hall–Kier alpha value is -2.99. The monoisotopic (exact) mass is 335 g/mol. The molecule has 1 atom stereocenters. The minimum atomic E-state index is -0.214. The van der Waals surface area contributed by atoms with Crippen LogP contribution in [0, 0.1) is 5.82 Å². The van der Waals surface area contributed by atoms with Crippen LogP contribution in [-0.4, -0.2) is 21.5 Å². The fourth-order valence-electron chi connectivity index (χ4n) is 2.94. The summed E-state index contributed by atoms with van der Waals surface area (Å²) in [4.78, 5) is 8.65. The lowest BCUT2D eigenvalue weighted by Gasteiger charge is -2.25. The van der Waals surface area contributed by atoms with Gasteiger partial charge in [0.15, 0.2) is 5.82 Å². The van der Waals surface area contributed by atoms with Crippen LogP contribution in [0.15, 0.2) is 78.4 Å². The summed E-state index contributed by atoms with van der Waals surface area (Å²) < 4.78 is 14.1. The van der Waals surface area contributed by atoms with Crippen molar-refractivity contribution >= 4 is 0 Å². The SMILES string of the molecule is Fc1ccccc1CN1NC(c2ncccn2)C=C1C1=CNCC=C1. The number of hydrazine groups is 1. The van der Waals surface area contributed by atoms with E-state index >= 15 is 0 Å². The third kappa shape index (κ3) is 3.29. The van der Waals surface area contributed by atoms with Gasteiger partial charge in [-0.3, -0.25) is 0 Å². The van der Waals surface area contributed by atoms with Crippen molar-refractivity contribution in [2.75, 3.05) is 6.54 Å². The fraction of sp³-hybridized carbons (Fsp3) is 0.158. The largest absolute Gasteiger partial charge is 0.387 e. The summed E-state index contributed by atoms with van der Waals surface area (Å²) in [5, 5.41) is 5.16. The van der Waals surface area contributed by atoms with Crippen LogP contribution in [-0.2, 0) is 6.54 Å². The van der Waals surface area contributed by atoms with Crippen molar-refractivity contribution in [2.24, 2.45) is 0 Å². The number of nitrogens with one attached hydrogen (secondary N) is 2. The molecule has 5 nitrogen and oxygen atoms in total.